The van der Waals surface area contributed by atoms with E-state index in [9.17, 15) is 9.90 Å². The molecule has 0 spiro atoms. The van der Waals surface area contributed by atoms with Crippen molar-refractivity contribution >= 4 is 28.4 Å². The summed E-state index contributed by atoms with van der Waals surface area (Å²) >= 11 is 6.48. The standard InChI is InChI=1S/C17H20ClN3O2/c1-11-12-5-2-3-6-13(12)20-14(15(11)18)9-21-8-4-7-17(23,10-21)16(19)22/h2-3,5-6,23H,4,7-10H2,1H3,(H2,19,22)/t17-/m1/s1. The quantitative estimate of drug-likeness (QED) is 0.900. The van der Waals surface area contributed by atoms with Crippen molar-refractivity contribution < 1.29 is 9.90 Å². The largest absolute Gasteiger partial charge is 0.379 e. The summed E-state index contributed by atoms with van der Waals surface area (Å²) in [6.45, 7) is 3.46. The molecular formula is C17H20ClN3O2. The first kappa shape index (κ1) is 16.2. The lowest BCUT2D eigenvalue weighted by atomic mass is 9.92. The lowest BCUT2D eigenvalue weighted by Crippen LogP contribution is -2.55. The number of rotatable bonds is 3. The predicted molar refractivity (Wildman–Crippen MR) is 90.1 cm³/mol. The number of benzene rings is 1. The van der Waals surface area contributed by atoms with Crippen LogP contribution in [0.3, 0.4) is 0 Å². The van der Waals surface area contributed by atoms with Gasteiger partial charge >= 0.3 is 0 Å². The molecule has 1 saturated heterocycles. The van der Waals surface area contributed by atoms with Gasteiger partial charge in [-0.3, -0.25) is 9.69 Å². The molecular weight excluding hydrogens is 314 g/mol. The number of para-hydroxylation sites is 1. The number of aryl methyl sites for hydroxylation is 1. The molecule has 1 atom stereocenters. The van der Waals surface area contributed by atoms with E-state index in [1.807, 2.05) is 36.1 Å². The Kier molecular flexibility index (Phi) is 4.27. The molecule has 122 valence electrons. The topological polar surface area (TPSA) is 79.5 Å². The Morgan fingerprint density at radius 2 is 2.22 bits per heavy atom. The predicted octanol–water partition coefficient (Wildman–Crippen LogP) is 2.01. The normalized spacial score (nSPS) is 22.4. The fraction of sp³-hybridized carbons (Fsp3) is 0.412. The first-order chi connectivity index (χ1) is 10.9. The molecule has 23 heavy (non-hydrogen) atoms. The van der Waals surface area contributed by atoms with E-state index in [4.69, 9.17) is 17.3 Å². The Morgan fingerprint density at radius 1 is 1.48 bits per heavy atom. The molecule has 0 saturated carbocycles. The fourth-order valence-electron chi connectivity index (χ4n) is 3.19. The summed E-state index contributed by atoms with van der Waals surface area (Å²) in [6.07, 6.45) is 1.11. The first-order valence-electron chi connectivity index (χ1n) is 7.69. The summed E-state index contributed by atoms with van der Waals surface area (Å²) in [5, 5.41) is 12.0. The zero-order chi connectivity index (χ0) is 16.6. The van der Waals surface area contributed by atoms with Crippen molar-refractivity contribution in [3.05, 3.63) is 40.5 Å². The minimum absolute atomic E-state index is 0.215. The highest BCUT2D eigenvalue weighted by Gasteiger charge is 2.38. The van der Waals surface area contributed by atoms with Gasteiger partial charge in [-0.05, 0) is 37.9 Å². The molecule has 0 aliphatic carbocycles. The summed E-state index contributed by atoms with van der Waals surface area (Å²) in [6, 6.07) is 7.86. The number of piperidine rings is 1. The van der Waals surface area contributed by atoms with Crippen LogP contribution in [0, 0.1) is 6.92 Å². The van der Waals surface area contributed by atoms with Crippen LogP contribution in [-0.2, 0) is 11.3 Å². The Balaban J connectivity index is 1.90. The first-order valence-corrected chi connectivity index (χ1v) is 8.07. The summed E-state index contributed by atoms with van der Waals surface area (Å²) in [4.78, 5) is 18.1. The minimum atomic E-state index is -1.46. The molecule has 1 aromatic heterocycles. The van der Waals surface area contributed by atoms with Gasteiger partial charge in [-0.2, -0.15) is 0 Å². The van der Waals surface area contributed by atoms with Crippen LogP contribution in [0.15, 0.2) is 24.3 Å². The molecule has 0 unspecified atom stereocenters. The van der Waals surface area contributed by atoms with Crippen LogP contribution in [-0.4, -0.2) is 39.6 Å². The van der Waals surface area contributed by atoms with Crippen molar-refractivity contribution in [3.8, 4) is 0 Å². The molecule has 3 N–H and O–H groups in total. The Morgan fingerprint density at radius 3 is 2.96 bits per heavy atom. The third kappa shape index (κ3) is 3.04. The number of hydrogen-bond acceptors (Lipinski definition) is 4. The number of hydrogen-bond donors (Lipinski definition) is 2. The van der Waals surface area contributed by atoms with Crippen molar-refractivity contribution in [3.63, 3.8) is 0 Å². The van der Waals surface area contributed by atoms with Crippen LogP contribution in [0.2, 0.25) is 5.02 Å². The number of nitrogens with two attached hydrogens (primary N) is 1. The summed E-state index contributed by atoms with van der Waals surface area (Å²) in [7, 11) is 0. The van der Waals surface area contributed by atoms with Crippen LogP contribution in [0.1, 0.15) is 24.1 Å². The fourth-order valence-corrected chi connectivity index (χ4v) is 3.40. The number of carbonyl (C=O) groups is 1. The van der Waals surface area contributed by atoms with Gasteiger partial charge in [0.1, 0.15) is 0 Å². The Bertz CT molecular complexity index is 765. The van der Waals surface area contributed by atoms with Crippen molar-refractivity contribution in [2.75, 3.05) is 13.1 Å². The van der Waals surface area contributed by atoms with Gasteiger partial charge < -0.3 is 10.8 Å². The zero-order valence-electron chi connectivity index (χ0n) is 13.1. The smallest absolute Gasteiger partial charge is 0.250 e. The lowest BCUT2D eigenvalue weighted by molar-refractivity contribution is -0.142. The number of aromatic nitrogens is 1. The van der Waals surface area contributed by atoms with E-state index in [1.165, 1.54) is 0 Å². The number of carbonyl (C=O) groups excluding carboxylic acids is 1. The van der Waals surface area contributed by atoms with Gasteiger partial charge in [0.2, 0.25) is 0 Å². The molecule has 1 amide bonds. The average Bonchev–Trinajstić information content (AvgIpc) is 2.52. The van der Waals surface area contributed by atoms with Crippen LogP contribution in [0.25, 0.3) is 10.9 Å². The molecule has 1 fully saturated rings. The number of pyridine rings is 1. The number of likely N-dealkylation sites (tertiary alicyclic amines) is 1. The number of primary amides is 1. The molecule has 1 aliphatic rings. The molecule has 6 heteroatoms. The van der Waals surface area contributed by atoms with Gasteiger partial charge in [-0.15, -0.1) is 0 Å². The van der Waals surface area contributed by atoms with E-state index in [2.05, 4.69) is 4.98 Å². The Hall–Kier alpha value is -1.69. The van der Waals surface area contributed by atoms with E-state index in [0.29, 0.717) is 24.4 Å². The number of fused-ring (bicyclic) bond motifs is 1. The number of nitrogens with zero attached hydrogens (tertiary/aromatic N) is 2. The third-order valence-electron chi connectivity index (χ3n) is 4.53. The molecule has 0 radical (unpaired) electrons. The molecule has 1 aliphatic heterocycles. The maximum absolute atomic E-state index is 11.5. The van der Waals surface area contributed by atoms with Crippen LogP contribution < -0.4 is 5.73 Å². The molecule has 1 aromatic carbocycles. The van der Waals surface area contributed by atoms with Crippen molar-refractivity contribution in [1.29, 1.82) is 0 Å². The van der Waals surface area contributed by atoms with Gasteiger partial charge in [0, 0.05) is 18.5 Å². The molecule has 0 bridgehead atoms. The minimum Gasteiger partial charge on any atom is -0.379 e. The number of halogens is 1. The second kappa shape index (κ2) is 6.07. The molecule has 2 heterocycles. The highest BCUT2D eigenvalue weighted by atomic mass is 35.5. The van der Waals surface area contributed by atoms with E-state index in [1.54, 1.807) is 0 Å². The van der Waals surface area contributed by atoms with Crippen molar-refractivity contribution in [1.82, 2.24) is 9.88 Å². The van der Waals surface area contributed by atoms with Gasteiger partial charge in [0.05, 0.1) is 16.2 Å². The van der Waals surface area contributed by atoms with Crippen LogP contribution in [0.4, 0.5) is 0 Å². The number of β-amino-alcohol motifs (C(OH)–C–C–N with tert-alkyl or cyclic N) is 1. The summed E-state index contributed by atoms with van der Waals surface area (Å²) in [5.41, 5.74) is 6.52. The van der Waals surface area contributed by atoms with E-state index in [0.717, 1.165) is 28.7 Å². The highest BCUT2D eigenvalue weighted by Crippen LogP contribution is 2.29. The summed E-state index contributed by atoms with van der Waals surface area (Å²) < 4.78 is 0. The van der Waals surface area contributed by atoms with Crippen molar-refractivity contribution in [2.24, 2.45) is 5.73 Å². The van der Waals surface area contributed by atoms with Gasteiger partial charge in [0.25, 0.3) is 5.91 Å². The highest BCUT2D eigenvalue weighted by molar-refractivity contribution is 6.32. The monoisotopic (exact) mass is 333 g/mol. The van der Waals surface area contributed by atoms with Crippen LogP contribution in [0.5, 0.6) is 0 Å². The van der Waals surface area contributed by atoms with Gasteiger partial charge in [0.15, 0.2) is 5.60 Å². The second-order valence-corrected chi connectivity index (χ2v) is 6.60. The van der Waals surface area contributed by atoms with E-state index >= 15 is 0 Å². The average molecular weight is 334 g/mol. The second-order valence-electron chi connectivity index (χ2n) is 6.22. The third-order valence-corrected chi connectivity index (χ3v) is 5.03. The zero-order valence-corrected chi connectivity index (χ0v) is 13.8. The van der Waals surface area contributed by atoms with Gasteiger partial charge in [-0.25, -0.2) is 4.98 Å². The SMILES string of the molecule is Cc1c(Cl)c(CN2CCC[C@](O)(C(N)=O)C2)nc2ccccc12. The van der Waals surface area contributed by atoms with Crippen LogP contribution >= 0.6 is 11.6 Å². The van der Waals surface area contributed by atoms with E-state index < -0.39 is 11.5 Å². The molecule has 2 aromatic rings. The summed E-state index contributed by atoms with van der Waals surface area (Å²) in [5.74, 6) is -0.670. The molecule has 3 rings (SSSR count). The van der Waals surface area contributed by atoms with Gasteiger partial charge in [-0.1, -0.05) is 29.8 Å². The maximum atomic E-state index is 11.5. The maximum Gasteiger partial charge on any atom is 0.250 e. The molecule has 5 nitrogen and oxygen atoms in total. The number of aliphatic hydroxyl groups is 1. The Labute approximate surface area is 140 Å². The van der Waals surface area contributed by atoms with E-state index in [-0.39, 0.29) is 6.54 Å². The van der Waals surface area contributed by atoms with Crippen molar-refractivity contribution in [2.45, 2.75) is 31.9 Å². The number of amides is 1. The lowest BCUT2D eigenvalue weighted by Gasteiger charge is -2.37.